The average Bonchev–Trinajstić information content (AvgIpc) is 2.90. The number of benzene rings is 1. The van der Waals surface area contributed by atoms with Gasteiger partial charge < -0.3 is 9.80 Å². The lowest BCUT2D eigenvalue weighted by Gasteiger charge is -2.34. The fourth-order valence-corrected chi connectivity index (χ4v) is 4.72. The lowest BCUT2D eigenvalue weighted by molar-refractivity contribution is -0.143. The van der Waals surface area contributed by atoms with Gasteiger partial charge in [-0.1, -0.05) is 36.7 Å². The topological polar surface area (TPSA) is 60.9 Å². The van der Waals surface area contributed by atoms with Crippen LogP contribution in [-0.2, 0) is 19.8 Å². The molecular weight excluding hydrogens is 390 g/mol. The van der Waals surface area contributed by atoms with Crippen molar-refractivity contribution in [2.45, 2.75) is 38.0 Å². The highest BCUT2D eigenvalue weighted by Crippen LogP contribution is 2.43. The molecule has 1 aromatic carbocycles. The van der Waals surface area contributed by atoms with E-state index < -0.39 is 5.41 Å². The van der Waals surface area contributed by atoms with Gasteiger partial charge in [0.25, 0.3) is 0 Å². The number of halogens is 1. The zero-order valence-corrected chi connectivity index (χ0v) is 18.2. The Hall–Kier alpha value is -1.92. The third-order valence-electron chi connectivity index (χ3n) is 6.03. The number of nitrogens with zero attached hydrogens (tertiary/aromatic N) is 3. The number of piperidine rings is 1. The molecule has 0 aromatic heterocycles. The van der Waals surface area contributed by atoms with Crippen molar-refractivity contribution in [2.24, 2.45) is 5.92 Å². The maximum atomic E-state index is 13.5. The van der Waals surface area contributed by atoms with Crippen LogP contribution in [0.25, 0.3) is 0 Å². The number of carbonyl (C=O) groups is 3. The summed E-state index contributed by atoms with van der Waals surface area (Å²) < 4.78 is 0. The van der Waals surface area contributed by atoms with Gasteiger partial charge in [0, 0.05) is 44.0 Å². The van der Waals surface area contributed by atoms with Gasteiger partial charge in [-0.2, -0.15) is 0 Å². The van der Waals surface area contributed by atoms with E-state index in [0.29, 0.717) is 42.7 Å². The Morgan fingerprint density at radius 1 is 1.28 bits per heavy atom. The van der Waals surface area contributed by atoms with E-state index in [9.17, 15) is 14.4 Å². The second kappa shape index (κ2) is 8.84. The summed E-state index contributed by atoms with van der Waals surface area (Å²) in [4.78, 5) is 44.6. The van der Waals surface area contributed by atoms with Gasteiger partial charge >= 0.3 is 0 Å². The first-order valence-corrected chi connectivity index (χ1v) is 10.6. The lowest BCUT2D eigenvalue weighted by atomic mass is 9.75. The summed E-state index contributed by atoms with van der Waals surface area (Å²) in [6, 6.07) is 7.08. The summed E-state index contributed by atoms with van der Waals surface area (Å²) in [7, 11) is 3.79. The summed E-state index contributed by atoms with van der Waals surface area (Å²) >= 11 is 6.46. The van der Waals surface area contributed by atoms with E-state index >= 15 is 0 Å². The first-order valence-electron chi connectivity index (χ1n) is 10.3. The highest BCUT2D eigenvalue weighted by molar-refractivity contribution is 6.32. The molecule has 0 bridgehead atoms. The van der Waals surface area contributed by atoms with Crippen LogP contribution in [0.5, 0.6) is 0 Å². The van der Waals surface area contributed by atoms with E-state index in [2.05, 4.69) is 6.92 Å². The molecule has 29 heavy (non-hydrogen) atoms. The normalized spacial score (nSPS) is 25.2. The van der Waals surface area contributed by atoms with Crippen LogP contribution in [0.1, 0.15) is 38.2 Å². The zero-order chi connectivity index (χ0) is 21.2. The quantitative estimate of drug-likeness (QED) is 0.665. The standard InChI is InChI=1S/C22H30ClN3O3/c1-16-7-6-10-25(15-16)19(27)13-22(17-8-4-5-9-18(17)23)14-20(28)26(21(22)29)12-11-24(2)3/h4-5,8-9,16H,6-7,10-15H2,1-3H3/t16-,22+/m0/s1. The number of hydrogen-bond acceptors (Lipinski definition) is 4. The van der Waals surface area contributed by atoms with Crippen molar-refractivity contribution in [3.05, 3.63) is 34.9 Å². The molecule has 2 saturated heterocycles. The van der Waals surface area contributed by atoms with Crippen molar-refractivity contribution in [3.63, 3.8) is 0 Å². The first-order chi connectivity index (χ1) is 13.7. The maximum Gasteiger partial charge on any atom is 0.240 e. The Labute approximate surface area is 177 Å². The Kier molecular flexibility index (Phi) is 6.64. The number of carbonyl (C=O) groups excluding carboxylic acids is 3. The van der Waals surface area contributed by atoms with Crippen LogP contribution in [-0.4, -0.2) is 72.7 Å². The molecule has 2 aliphatic heterocycles. The van der Waals surface area contributed by atoms with Crippen LogP contribution < -0.4 is 0 Å². The minimum Gasteiger partial charge on any atom is -0.342 e. The molecule has 1 aromatic rings. The number of hydrogen-bond donors (Lipinski definition) is 0. The molecule has 0 saturated carbocycles. The van der Waals surface area contributed by atoms with E-state index in [1.807, 2.05) is 23.9 Å². The smallest absolute Gasteiger partial charge is 0.240 e. The Morgan fingerprint density at radius 2 is 2.00 bits per heavy atom. The van der Waals surface area contributed by atoms with Gasteiger partial charge in [-0.15, -0.1) is 0 Å². The molecule has 6 nitrogen and oxygen atoms in total. The summed E-state index contributed by atoms with van der Waals surface area (Å²) in [6.45, 7) is 4.42. The zero-order valence-electron chi connectivity index (χ0n) is 17.5. The molecule has 0 N–H and O–H groups in total. The highest BCUT2D eigenvalue weighted by Gasteiger charge is 2.54. The monoisotopic (exact) mass is 419 g/mol. The second-order valence-electron chi connectivity index (χ2n) is 8.66. The molecule has 0 unspecified atom stereocenters. The molecule has 2 heterocycles. The van der Waals surface area contributed by atoms with Gasteiger partial charge in [0.2, 0.25) is 17.7 Å². The Morgan fingerprint density at radius 3 is 2.66 bits per heavy atom. The van der Waals surface area contributed by atoms with E-state index in [0.717, 1.165) is 12.8 Å². The first kappa shape index (κ1) is 21.8. The average molecular weight is 420 g/mol. The van der Waals surface area contributed by atoms with Crippen molar-refractivity contribution in [1.82, 2.24) is 14.7 Å². The van der Waals surface area contributed by atoms with Crippen LogP contribution in [0.4, 0.5) is 0 Å². The molecule has 3 amide bonds. The van der Waals surface area contributed by atoms with E-state index in [1.54, 1.807) is 24.3 Å². The van der Waals surface area contributed by atoms with Crippen molar-refractivity contribution in [1.29, 1.82) is 0 Å². The molecular formula is C22H30ClN3O3. The third-order valence-corrected chi connectivity index (χ3v) is 6.36. The SMILES string of the molecule is C[C@H]1CCCN(C(=O)C[C@]2(c3ccccc3Cl)CC(=O)N(CCN(C)C)C2=O)C1. The van der Waals surface area contributed by atoms with E-state index in [-0.39, 0.29) is 30.6 Å². The number of amides is 3. The Balaban J connectivity index is 1.93. The van der Waals surface area contributed by atoms with E-state index in [4.69, 9.17) is 11.6 Å². The molecule has 7 heteroatoms. The fraction of sp³-hybridized carbons (Fsp3) is 0.591. The van der Waals surface area contributed by atoms with Gasteiger partial charge in [0.05, 0.1) is 5.41 Å². The number of likely N-dealkylation sites (tertiary alicyclic amines) is 2. The minimum atomic E-state index is -1.22. The number of rotatable bonds is 6. The van der Waals surface area contributed by atoms with Gasteiger partial charge in [-0.25, -0.2) is 0 Å². The van der Waals surface area contributed by atoms with Gasteiger partial charge in [0.15, 0.2) is 0 Å². The lowest BCUT2D eigenvalue weighted by Crippen LogP contribution is -2.46. The van der Waals surface area contributed by atoms with Gasteiger partial charge in [-0.3, -0.25) is 19.3 Å². The van der Waals surface area contributed by atoms with Crippen LogP contribution in [0.2, 0.25) is 5.02 Å². The van der Waals surface area contributed by atoms with Gasteiger partial charge in [-0.05, 0) is 44.5 Å². The van der Waals surface area contributed by atoms with Crippen LogP contribution in [0.15, 0.2) is 24.3 Å². The van der Waals surface area contributed by atoms with Crippen LogP contribution >= 0.6 is 11.6 Å². The summed E-state index contributed by atoms with van der Waals surface area (Å²) in [5, 5.41) is 0.419. The molecule has 158 valence electrons. The third kappa shape index (κ3) is 4.48. The highest BCUT2D eigenvalue weighted by atomic mass is 35.5. The summed E-state index contributed by atoms with van der Waals surface area (Å²) in [6.07, 6.45) is 2.04. The van der Waals surface area contributed by atoms with Crippen molar-refractivity contribution in [2.75, 3.05) is 40.3 Å². The molecule has 0 aliphatic carbocycles. The molecule has 0 spiro atoms. The fourth-order valence-electron chi connectivity index (χ4n) is 4.41. The van der Waals surface area contributed by atoms with Crippen LogP contribution in [0.3, 0.4) is 0 Å². The van der Waals surface area contributed by atoms with Crippen molar-refractivity contribution >= 4 is 29.3 Å². The maximum absolute atomic E-state index is 13.5. The summed E-state index contributed by atoms with van der Waals surface area (Å²) in [5.41, 5.74) is -0.648. The van der Waals surface area contributed by atoms with Crippen molar-refractivity contribution in [3.8, 4) is 0 Å². The van der Waals surface area contributed by atoms with Gasteiger partial charge in [0.1, 0.15) is 0 Å². The van der Waals surface area contributed by atoms with E-state index in [1.165, 1.54) is 4.90 Å². The number of imide groups is 1. The largest absolute Gasteiger partial charge is 0.342 e. The molecule has 2 fully saturated rings. The predicted molar refractivity (Wildman–Crippen MR) is 113 cm³/mol. The number of likely N-dealkylation sites (N-methyl/N-ethyl adjacent to an activating group) is 1. The summed E-state index contributed by atoms with van der Waals surface area (Å²) in [5.74, 6) is -0.180. The second-order valence-corrected chi connectivity index (χ2v) is 9.06. The predicted octanol–water partition coefficient (Wildman–Crippen LogP) is 2.55. The molecule has 3 rings (SSSR count). The Bertz CT molecular complexity index is 797. The molecule has 2 aliphatic rings. The minimum absolute atomic E-state index is 0.0157. The van der Waals surface area contributed by atoms with Crippen LogP contribution in [0, 0.1) is 5.92 Å². The molecule has 0 radical (unpaired) electrons. The van der Waals surface area contributed by atoms with Crippen molar-refractivity contribution < 1.29 is 14.4 Å². The molecule has 2 atom stereocenters.